The smallest absolute Gasteiger partial charge is 0.0670 e. The van der Waals surface area contributed by atoms with Crippen LogP contribution in [0.1, 0.15) is 51.4 Å². The van der Waals surface area contributed by atoms with E-state index in [2.05, 4.69) is 57.0 Å². The topological polar surface area (TPSA) is 30.7 Å². The third-order valence-electron chi connectivity index (χ3n) is 3.77. The molecule has 0 spiro atoms. The van der Waals surface area contributed by atoms with Crippen molar-refractivity contribution in [1.29, 1.82) is 0 Å². The van der Waals surface area contributed by atoms with Crippen molar-refractivity contribution in [1.82, 2.24) is 14.8 Å². The molecule has 0 saturated heterocycles. The molecule has 3 heteroatoms. The van der Waals surface area contributed by atoms with E-state index in [1.165, 1.54) is 16.8 Å². The summed E-state index contributed by atoms with van der Waals surface area (Å²) in [6.07, 6.45) is 6.85. The van der Waals surface area contributed by atoms with Crippen LogP contribution in [0.2, 0.25) is 0 Å². The van der Waals surface area contributed by atoms with Gasteiger partial charge in [0.25, 0.3) is 0 Å². The normalized spacial score (nSPS) is 12.7. The minimum absolute atomic E-state index is 0.0304. The molecule has 0 atom stereocenters. The number of hydrogen-bond donors (Lipinski definition) is 0. The number of aromatic nitrogens is 3. The van der Waals surface area contributed by atoms with Gasteiger partial charge in [0.2, 0.25) is 0 Å². The number of nitrogens with zero attached hydrogens (tertiary/aromatic N) is 3. The molecule has 0 unspecified atom stereocenters. The van der Waals surface area contributed by atoms with Crippen LogP contribution in [-0.2, 0) is 24.3 Å². The molecule has 0 aliphatic heterocycles. The van der Waals surface area contributed by atoms with Crippen LogP contribution in [0.3, 0.4) is 0 Å². The maximum atomic E-state index is 4.68. The Kier molecular flexibility index (Phi) is 3.72. The molecular formula is C17H25N3. The molecule has 0 aliphatic rings. The molecule has 2 aromatic heterocycles. The first-order valence-electron chi connectivity index (χ1n) is 7.14. The van der Waals surface area contributed by atoms with E-state index in [1.54, 1.807) is 0 Å². The van der Waals surface area contributed by atoms with Gasteiger partial charge in [-0.25, -0.2) is 0 Å². The minimum atomic E-state index is 0.0304. The predicted molar refractivity (Wildman–Crippen MR) is 82.9 cm³/mol. The van der Waals surface area contributed by atoms with E-state index >= 15 is 0 Å². The fourth-order valence-electron chi connectivity index (χ4n) is 2.58. The Morgan fingerprint density at radius 2 is 1.85 bits per heavy atom. The maximum Gasteiger partial charge on any atom is 0.0670 e. The second-order valence-electron chi connectivity index (χ2n) is 7.22. The third kappa shape index (κ3) is 3.09. The lowest BCUT2D eigenvalue weighted by molar-refractivity contribution is 0.497. The van der Waals surface area contributed by atoms with Crippen molar-refractivity contribution in [2.45, 2.75) is 51.9 Å². The van der Waals surface area contributed by atoms with Gasteiger partial charge < -0.3 is 0 Å². The highest BCUT2D eigenvalue weighted by Gasteiger charge is 2.28. The van der Waals surface area contributed by atoms with E-state index in [0.29, 0.717) is 0 Å². The van der Waals surface area contributed by atoms with Gasteiger partial charge in [0, 0.05) is 32.1 Å². The lowest BCUT2D eigenvalue weighted by Crippen LogP contribution is -2.23. The van der Waals surface area contributed by atoms with Gasteiger partial charge in [0.05, 0.1) is 5.69 Å². The third-order valence-corrected chi connectivity index (χ3v) is 3.77. The zero-order valence-electron chi connectivity index (χ0n) is 13.4. The van der Waals surface area contributed by atoms with E-state index < -0.39 is 0 Å². The summed E-state index contributed by atoms with van der Waals surface area (Å²) in [5.74, 6) is 0. The molecule has 0 aliphatic carbocycles. The Labute approximate surface area is 122 Å². The predicted octanol–water partition coefficient (Wildman–Crippen LogP) is 3.63. The summed E-state index contributed by atoms with van der Waals surface area (Å²) >= 11 is 0. The number of rotatable bonds is 3. The molecule has 0 bridgehead atoms. The maximum absolute atomic E-state index is 4.68. The first-order valence-corrected chi connectivity index (χ1v) is 7.14. The minimum Gasteiger partial charge on any atom is -0.275 e. The Hall–Kier alpha value is -1.64. The van der Waals surface area contributed by atoms with Crippen LogP contribution in [-0.4, -0.2) is 14.8 Å². The molecule has 3 nitrogen and oxygen atoms in total. The Balaban J connectivity index is 2.35. The van der Waals surface area contributed by atoms with Crippen molar-refractivity contribution in [2.24, 2.45) is 7.05 Å². The Morgan fingerprint density at radius 1 is 1.15 bits per heavy atom. The van der Waals surface area contributed by atoms with Crippen LogP contribution < -0.4 is 0 Å². The number of aryl methyl sites for hydroxylation is 1. The van der Waals surface area contributed by atoms with Gasteiger partial charge in [-0.1, -0.05) is 40.7 Å². The summed E-state index contributed by atoms with van der Waals surface area (Å²) in [6, 6.07) is 4.15. The molecule has 2 heterocycles. The average molecular weight is 271 g/mol. The second kappa shape index (κ2) is 5.04. The molecule has 108 valence electrons. The molecule has 0 aromatic carbocycles. The molecule has 0 radical (unpaired) electrons. The van der Waals surface area contributed by atoms with E-state index in [1.807, 2.05) is 30.2 Å². The van der Waals surface area contributed by atoms with Gasteiger partial charge in [0.1, 0.15) is 0 Å². The molecule has 2 rings (SSSR count). The molecule has 2 aromatic rings. The molecule has 0 fully saturated rings. The monoisotopic (exact) mass is 271 g/mol. The van der Waals surface area contributed by atoms with Crippen LogP contribution >= 0.6 is 0 Å². The van der Waals surface area contributed by atoms with Gasteiger partial charge in [0.15, 0.2) is 0 Å². The summed E-state index contributed by atoms with van der Waals surface area (Å²) in [5, 5.41) is 4.68. The van der Waals surface area contributed by atoms with Crippen molar-refractivity contribution < 1.29 is 0 Å². The molecule has 0 amide bonds. The second-order valence-corrected chi connectivity index (χ2v) is 7.22. The highest BCUT2D eigenvalue weighted by molar-refractivity contribution is 5.30. The van der Waals surface area contributed by atoms with Crippen molar-refractivity contribution in [3.05, 3.63) is 47.5 Å². The van der Waals surface area contributed by atoms with E-state index in [4.69, 9.17) is 0 Å². The van der Waals surface area contributed by atoms with Crippen LogP contribution in [0.25, 0.3) is 0 Å². The van der Waals surface area contributed by atoms with Crippen LogP contribution in [0.4, 0.5) is 0 Å². The van der Waals surface area contributed by atoms with Gasteiger partial charge in [-0.05, 0) is 28.0 Å². The number of hydrogen-bond acceptors (Lipinski definition) is 2. The van der Waals surface area contributed by atoms with Crippen molar-refractivity contribution in [2.75, 3.05) is 0 Å². The van der Waals surface area contributed by atoms with E-state index in [0.717, 1.165) is 6.42 Å². The van der Waals surface area contributed by atoms with Crippen LogP contribution in [0.15, 0.2) is 30.7 Å². The largest absolute Gasteiger partial charge is 0.275 e. The highest BCUT2D eigenvalue weighted by atomic mass is 15.3. The Bertz CT molecular complexity index is 574. The summed E-state index contributed by atoms with van der Waals surface area (Å²) in [6.45, 7) is 11.2. The summed E-state index contributed by atoms with van der Waals surface area (Å²) in [7, 11) is 2.00. The summed E-state index contributed by atoms with van der Waals surface area (Å²) < 4.78 is 1.93. The molecule has 0 saturated carbocycles. The average Bonchev–Trinajstić information content (AvgIpc) is 2.70. The first-order chi connectivity index (χ1) is 9.20. The SMILES string of the molecule is Cn1cc(C(C)(C)C)c(CC(C)(C)c2cccnc2)n1. The lowest BCUT2D eigenvalue weighted by atomic mass is 9.78. The fourth-order valence-corrected chi connectivity index (χ4v) is 2.58. The van der Waals surface area contributed by atoms with Crippen molar-refractivity contribution >= 4 is 0 Å². The quantitative estimate of drug-likeness (QED) is 0.853. The van der Waals surface area contributed by atoms with Crippen LogP contribution in [0.5, 0.6) is 0 Å². The molecule has 20 heavy (non-hydrogen) atoms. The number of pyridine rings is 1. The fraction of sp³-hybridized carbons (Fsp3) is 0.529. The van der Waals surface area contributed by atoms with E-state index in [-0.39, 0.29) is 10.8 Å². The Morgan fingerprint density at radius 3 is 2.40 bits per heavy atom. The zero-order valence-corrected chi connectivity index (χ0v) is 13.4. The lowest BCUT2D eigenvalue weighted by Gasteiger charge is -2.26. The van der Waals surface area contributed by atoms with Gasteiger partial charge >= 0.3 is 0 Å². The van der Waals surface area contributed by atoms with Crippen molar-refractivity contribution in [3.8, 4) is 0 Å². The van der Waals surface area contributed by atoms with E-state index in [9.17, 15) is 0 Å². The molecular weight excluding hydrogens is 246 g/mol. The van der Waals surface area contributed by atoms with Gasteiger partial charge in [-0.15, -0.1) is 0 Å². The first kappa shape index (κ1) is 14.8. The highest BCUT2D eigenvalue weighted by Crippen LogP contribution is 2.32. The standard InChI is InChI=1S/C17H25N3/c1-16(2,3)14-12-20(6)19-15(14)10-17(4,5)13-8-7-9-18-11-13/h7-9,11-12H,10H2,1-6H3. The summed E-state index contributed by atoms with van der Waals surface area (Å²) in [5.41, 5.74) is 3.92. The van der Waals surface area contributed by atoms with Gasteiger partial charge in [-0.2, -0.15) is 5.10 Å². The zero-order chi connectivity index (χ0) is 15.0. The summed E-state index contributed by atoms with van der Waals surface area (Å²) in [4.78, 5) is 4.24. The van der Waals surface area contributed by atoms with Crippen molar-refractivity contribution in [3.63, 3.8) is 0 Å². The van der Waals surface area contributed by atoms with Gasteiger partial charge in [-0.3, -0.25) is 9.67 Å². The molecule has 0 N–H and O–H groups in total. The van der Waals surface area contributed by atoms with Crippen LogP contribution in [0, 0.1) is 0 Å².